The smallest absolute Gasteiger partial charge is 0.418 e. The predicted molar refractivity (Wildman–Crippen MR) is 119 cm³/mol. The Bertz CT molecular complexity index is 1600. The summed E-state index contributed by atoms with van der Waals surface area (Å²) in [5, 5.41) is 12.6. The van der Waals surface area contributed by atoms with E-state index in [-0.39, 0.29) is 27.7 Å². The number of esters is 1. The van der Waals surface area contributed by atoms with Crippen LogP contribution < -0.4 is 5.32 Å². The van der Waals surface area contributed by atoms with Crippen LogP contribution in [0, 0.1) is 10.1 Å². The predicted octanol–water partition coefficient (Wildman–Crippen LogP) is 3.79. The first-order valence-electron chi connectivity index (χ1n) is 10.2. The number of carbonyl (C=O) groups is 3. The van der Waals surface area contributed by atoms with Crippen LogP contribution in [-0.4, -0.2) is 37.6 Å². The molecule has 1 aliphatic heterocycles. The summed E-state index contributed by atoms with van der Waals surface area (Å²) in [5.41, 5.74) is -3.63. The van der Waals surface area contributed by atoms with E-state index in [9.17, 15) is 46.1 Å². The SMILES string of the molecule is O=C(COC(=O)c1ccc2c(c1)S(=O)(=O)c1ccccc1C2=O)Nc1ccc([N+](=O)[O-])cc1C(F)(F)F. The third-order valence-corrected chi connectivity index (χ3v) is 7.15. The number of ether oxygens (including phenoxy) is 1. The lowest BCUT2D eigenvalue weighted by Gasteiger charge is -2.19. The zero-order valence-electron chi connectivity index (χ0n) is 18.2. The van der Waals surface area contributed by atoms with Crippen LogP contribution in [0.25, 0.3) is 0 Å². The lowest BCUT2D eigenvalue weighted by atomic mass is 10.0. The first kappa shape index (κ1) is 25.5. The van der Waals surface area contributed by atoms with Gasteiger partial charge in [-0.05, 0) is 36.4 Å². The van der Waals surface area contributed by atoms with Gasteiger partial charge in [0.2, 0.25) is 9.84 Å². The fourth-order valence-corrected chi connectivity index (χ4v) is 5.28. The van der Waals surface area contributed by atoms with Crippen molar-refractivity contribution in [2.45, 2.75) is 16.0 Å². The number of rotatable bonds is 5. The molecule has 4 rings (SSSR count). The van der Waals surface area contributed by atoms with Gasteiger partial charge in [-0.2, -0.15) is 13.2 Å². The van der Waals surface area contributed by atoms with E-state index in [2.05, 4.69) is 0 Å². The number of sulfone groups is 1. The Morgan fingerprint density at radius 1 is 0.973 bits per heavy atom. The van der Waals surface area contributed by atoms with Gasteiger partial charge in [0, 0.05) is 23.3 Å². The minimum absolute atomic E-state index is 0.0218. The average molecular weight is 534 g/mol. The lowest BCUT2D eigenvalue weighted by molar-refractivity contribution is -0.385. The van der Waals surface area contributed by atoms with Crippen molar-refractivity contribution in [3.63, 3.8) is 0 Å². The summed E-state index contributed by atoms with van der Waals surface area (Å²) in [6.07, 6.45) is -5.03. The number of nitrogens with one attached hydrogen (secondary N) is 1. The van der Waals surface area contributed by atoms with Gasteiger partial charge in [-0.3, -0.25) is 19.7 Å². The van der Waals surface area contributed by atoms with E-state index in [1.54, 1.807) is 0 Å². The molecule has 0 aromatic heterocycles. The van der Waals surface area contributed by atoms with Gasteiger partial charge in [-0.25, -0.2) is 13.2 Å². The molecule has 37 heavy (non-hydrogen) atoms. The number of alkyl halides is 3. The number of nitro groups is 1. The molecule has 0 bridgehead atoms. The van der Waals surface area contributed by atoms with E-state index in [0.29, 0.717) is 6.07 Å². The van der Waals surface area contributed by atoms with E-state index < -0.39 is 67.0 Å². The quantitative estimate of drug-likeness (QED) is 0.231. The minimum Gasteiger partial charge on any atom is -0.452 e. The van der Waals surface area contributed by atoms with E-state index in [1.165, 1.54) is 24.3 Å². The van der Waals surface area contributed by atoms with Gasteiger partial charge >= 0.3 is 12.1 Å². The number of halogens is 3. The molecular formula is C23H13F3N2O8S. The molecule has 0 atom stereocenters. The van der Waals surface area contributed by atoms with Crippen molar-refractivity contribution >= 4 is 38.9 Å². The summed E-state index contributed by atoms with van der Waals surface area (Å²) in [7, 11) is -4.15. The molecule has 1 N–H and O–H groups in total. The summed E-state index contributed by atoms with van der Waals surface area (Å²) in [6.45, 7) is -1.06. The molecule has 0 radical (unpaired) electrons. The van der Waals surface area contributed by atoms with Crippen molar-refractivity contribution < 1.29 is 45.6 Å². The molecule has 14 heteroatoms. The molecule has 0 fully saturated rings. The van der Waals surface area contributed by atoms with Crippen LogP contribution in [-0.2, 0) is 25.5 Å². The Labute approximate surface area is 205 Å². The zero-order valence-corrected chi connectivity index (χ0v) is 19.1. The first-order chi connectivity index (χ1) is 17.3. The Morgan fingerprint density at radius 3 is 2.32 bits per heavy atom. The molecule has 10 nitrogen and oxygen atoms in total. The van der Waals surface area contributed by atoms with Crippen molar-refractivity contribution in [3.8, 4) is 0 Å². The van der Waals surface area contributed by atoms with Gasteiger partial charge in [-0.15, -0.1) is 0 Å². The lowest BCUT2D eigenvalue weighted by Crippen LogP contribution is -2.24. The third kappa shape index (κ3) is 4.78. The summed E-state index contributed by atoms with van der Waals surface area (Å²) in [6, 6.07) is 10.4. The average Bonchev–Trinajstić information content (AvgIpc) is 2.85. The molecule has 1 amide bonds. The number of nitro benzene ring substituents is 1. The first-order valence-corrected chi connectivity index (χ1v) is 11.6. The maximum Gasteiger partial charge on any atom is 0.418 e. The largest absolute Gasteiger partial charge is 0.452 e. The highest BCUT2D eigenvalue weighted by Gasteiger charge is 2.36. The van der Waals surface area contributed by atoms with Crippen LogP contribution in [0.4, 0.5) is 24.5 Å². The maximum absolute atomic E-state index is 13.3. The molecule has 0 aliphatic carbocycles. The van der Waals surface area contributed by atoms with Crippen molar-refractivity contribution in [3.05, 3.63) is 93.0 Å². The van der Waals surface area contributed by atoms with E-state index in [4.69, 9.17) is 4.74 Å². The molecule has 1 heterocycles. The number of amides is 1. The second kappa shape index (κ2) is 9.13. The van der Waals surface area contributed by atoms with E-state index in [1.807, 2.05) is 5.32 Å². The zero-order chi connectivity index (χ0) is 27.1. The summed E-state index contributed by atoms with van der Waals surface area (Å²) in [5.74, 6) is -2.94. The van der Waals surface area contributed by atoms with Crippen LogP contribution in [0.2, 0.25) is 0 Å². The second-order valence-electron chi connectivity index (χ2n) is 7.65. The molecule has 0 unspecified atom stereocenters. The number of benzene rings is 3. The number of anilines is 1. The molecule has 0 saturated carbocycles. The number of hydrogen-bond donors (Lipinski definition) is 1. The van der Waals surface area contributed by atoms with E-state index in [0.717, 1.165) is 24.3 Å². The Balaban J connectivity index is 1.51. The highest BCUT2D eigenvalue weighted by Crippen LogP contribution is 2.37. The number of non-ortho nitro benzene ring substituents is 1. The highest BCUT2D eigenvalue weighted by atomic mass is 32.2. The van der Waals surface area contributed by atoms with Crippen molar-refractivity contribution in [2.75, 3.05) is 11.9 Å². The molecule has 3 aromatic carbocycles. The highest BCUT2D eigenvalue weighted by molar-refractivity contribution is 7.91. The summed E-state index contributed by atoms with van der Waals surface area (Å²) in [4.78, 5) is 46.3. The van der Waals surface area contributed by atoms with Crippen LogP contribution >= 0.6 is 0 Å². The number of nitrogens with zero attached hydrogens (tertiary/aromatic N) is 1. The Hall–Kier alpha value is -4.59. The normalized spacial score (nSPS) is 13.8. The topological polar surface area (TPSA) is 150 Å². The van der Waals surface area contributed by atoms with Gasteiger partial charge < -0.3 is 10.1 Å². The molecule has 0 saturated heterocycles. The van der Waals surface area contributed by atoms with Crippen LogP contribution in [0.15, 0.2) is 70.5 Å². The molecular weight excluding hydrogens is 521 g/mol. The van der Waals surface area contributed by atoms with Gasteiger partial charge in [0.1, 0.15) is 0 Å². The van der Waals surface area contributed by atoms with Crippen molar-refractivity contribution in [1.82, 2.24) is 0 Å². The number of hydrogen-bond acceptors (Lipinski definition) is 8. The molecule has 190 valence electrons. The van der Waals surface area contributed by atoms with Gasteiger partial charge in [0.25, 0.3) is 11.6 Å². The second-order valence-corrected chi connectivity index (χ2v) is 9.54. The van der Waals surface area contributed by atoms with Gasteiger partial charge in [0.15, 0.2) is 12.4 Å². The number of carbonyl (C=O) groups excluding carboxylic acids is 3. The monoisotopic (exact) mass is 534 g/mol. The number of ketones is 1. The van der Waals surface area contributed by atoms with Crippen LogP contribution in [0.3, 0.4) is 0 Å². The fourth-order valence-electron chi connectivity index (χ4n) is 3.60. The van der Waals surface area contributed by atoms with E-state index >= 15 is 0 Å². The Morgan fingerprint density at radius 2 is 1.65 bits per heavy atom. The minimum atomic E-state index is -5.03. The van der Waals surface area contributed by atoms with Crippen molar-refractivity contribution in [1.29, 1.82) is 0 Å². The van der Waals surface area contributed by atoms with Gasteiger partial charge in [0.05, 0.1) is 31.5 Å². The van der Waals surface area contributed by atoms with Gasteiger partial charge in [-0.1, -0.05) is 12.1 Å². The maximum atomic E-state index is 13.3. The molecule has 3 aromatic rings. The molecule has 1 aliphatic rings. The summed E-state index contributed by atoms with van der Waals surface area (Å²) >= 11 is 0. The molecule has 0 spiro atoms. The van der Waals surface area contributed by atoms with Crippen LogP contribution in [0.1, 0.15) is 31.8 Å². The van der Waals surface area contributed by atoms with Crippen LogP contribution in [0.5, 0.6) is 0 Å². The fraction of sp³-hybridized carbons (Fsp3) is 0.0870. The third-order valence-electron chi connectivity index (χ3n) is 5.30. The number of fused-ring (bicyclic) bond motifs is 2. The standard InChI is InChI=1S/C23H13F3N2O8S/c24-23(25,26)16-10-13(28(32)33)6-8-17(16)27-20(29)11-36-22(31)12-5-7-15-19(9-12)37(34,35)18-4-2-1-3-14(18)21(15)30/h1-10H,11H2,(H,27,29). The van der Waals surface area contributed by atoms with Crippen molar-refractivity contribution in [2.24, 2.45) is 0 Å². The Kier molecular flexibility index (Phi) is 6.29. The summed E-state index contributed by atoms with van der Waals surface area (Å²) < 4.78 is 70.5.